The molecule has 0 radical (unpaired) electrons. The summed E-state index contributed by atoms with van der Waals surface area (Å²) in [4.78, 5) is 6.88. The molecule has 0 saturated carbocycles. The summed E-state index contributed by atoms with van der Waals surface area (Å²) in [6, 6.07) is 26.6. The van der Waals surface area contributed by atoms with Crippen LogP contribution in [0.2, 0.25) is 0 Å². The Morgan fingerprint density at radius 2 is 1.85 bits per heavy atom. The molecule has 3 heterocycles. The van der Waals surface area contributed by atoms with Crippen molar-refractivity contribution in [3.05, 3.63) is 114 Å². The van der Waals surface area contributed by atoms with Gasteiger partial charge in [-0.25, -0.2) is 4.98 Å². The summed E-state index contributed by atoms with van der Waals surface area (Å²) in [5.41, 5.74) is 4.51. The topological polar surface area (TPSA) is 50.5 Å². The minimum Gasteiger partial charge on any atom is -0.492 e. The van der Waals surface area contributed by atoms with Crippen molar-refractivity contribution in [2.75, 3.05) is 13.2 Å². The van der Waals surface area contributed by atoms with Crippen LogP contribution in [0.4, 0.5) is 0 Å². The average molecular weight is 440 g/mol. The van der Waals surface area contributed by atoms with E-state index in [9.17, 15) is 5.11 Å². The van der Waals surface area contributed by atoms with Crippen LogP contribution in [-0.2, 0) is 19.5 Å². The summed E-state index contributed by atoms with van der Waals surface area (Å²) in [5, 5.41) is 10.8. The van der Waals surface area contributed by atoms with E-state index in [-0.39, 0.29) is 0 Å². The zero-order valence-electron chi connectivity index (χ0n) is 18.7. The standard InChI is InChI=1S/C28H29N3O2/c32-26(13-11-22-7-2-1-3-8-22)23-12-14-27-24(19-23)20-30(17-18-33-27)21-25-9-6-16-31(25)28-10-4-5-15-29-28/h1-10,12,14-16,19,26,32H,11,13,17-18,20-21H2/t26-/m0/s1. The first-order valence-corrected chi connectivity index (χ1v) is 11.5. The van der Waals surface area contributed by atoms with Gasteiger partial charge >= 0.3 is 0 Å². The molecule has 1 N–H and O–H groups in total. The van der Waals surface area contributed by atoms with Crippen LogP contribution < -0.4 is 4.74 Å². The van der Waals surface area contributed by atoms with Gasteiger partial charge < -0.3 is 14.4 Å². The molecule has 4 aromatic rings. The van der Waals surface area contributed by atoms with Gasteiger partial charge in [0.25, 0.3) is 0 Å². The van der Waals surface area contributed by atoms with Gasteiger partial charge in [-0.1, -0.05) is 42.5 Å². The molecule has 0 amide bonds. The number of aromatic nitrogens is 2. The quantitative estimate of drug-likeness (QED) is 0.443. The van der Waals surface area contributed by atoms with Crippen LogP contribution in [0.15, 0.2) is 91.3 Å². The number of aliphatic hydroxyl groups is 1. The SMILES string of the molecule is O[C@@H](CCc1ccccc1)c1ccc2c(c1)CN(Cc1cccn1-c1ccccn1)CCO2. The summed E-state index contributed by atoms with van der Waals surface area (Å²) in [7, 11) is 0. The molecule has 5 rings (SSSR count). The third-order valence-corrected chi connectivity index (χ3v) is 6.19. The van der Waals surface area contributed by atoms with Crippen molar-refractivity contribution in [3.8, 4) is 11.6 Å². The summed E-state index contributed by atoms with van der Waals surface area (Å²) >= 11 is 0. The van der Waals surface area contributed by atoms with Gasteiger partial charge in [0.2, 0.25) is 0 Å². The predicted octanol–water partition coefficient (Wildman–Crippen LogP) is 4.93. The van der Waals surface area contributed by atoms with E-state index in [1.807, 2.05) is 54.7 Å². The van der Waals surface area contributed by atoms with Crippen LogP contribution in [-0.4, -0.2) is 32.7 Å². The van der Waals surface area contributed by atoms with Crippen molar-refractivity contribution in [1.82, 2.24) is 14.5 Å². The fourth-order valence-corrected chi connectivity index (χ4v) is 4.42. The van der Waals surface area contributed by atoms with Crippen molar-refractivity contribution >= 4 is 0 Å². The molecule has 1 aliphatic heterocycles. The molecule has 0 aliphatic carbocycles. The molecule has 5 nitrogen and oxygen atoms in total. The average Bonchev–Trinajstić information content (AvgIpc) is 3.22. The number of nitrogens with zero attached hydrogens (tertiary/aromatic N) is 3. The Kier molecular flexibility index (Phi) is 6.51. The predicted molar refractivity (Wildman–Crippen MR) is 129 cm³/mol. The zero-order valence-corrected chi connectivity index (χ0v) is 18.7. The summed E-state index contributed by atoms with van der Waals surface area (Å²) in [6.45, 7) is 3.07. The molecular weight excluding hydrogens is 410 g/mol. The lowest BCUT2D eigenvalue weighted by Crippen LogP contribution is -2.26. The van der Waals surface area contributed by atoms with E-state index in [4.69, 9.17) is 4.74 Å². The van der Waals surface area contributed by atoms with Gasteiger partial charge in [-0.15, -0.1) is 0 Å². The Morgan fingerprint density at radius 1 is 0.970 bits per heavy atom. The van der Waals surface area contributed by atoms with Crippen LogP contribution in [0.25, 0.3) is 5.82 Å². The van der Waals surface area contributed by atoms with E-state index in [0.717, 1.165) is 48.7 Å². The Labute approximate surface area is 194 Å². The van der Waals surface area contributed by atoms with Crippen LogP contribution in [0.3, 0.4) is 0 Å². The minimum absolute atomic E-state index is 0.492. The number of pyridine rings is 1. The highest BCUT2D eigenvalue weighted by Crippen LogP contribution is 2.29. The number of aryl methyl sites for hydroxylation is 1. The molecule has 1 aliphatic rings. The number of fused-ring (bicyclic) bond motifs is 1. The maximum Gasteiger partial charge on any atom is 0.136 e. The first-order valence-electron chi connectivity index (χ1n) is 11.5. The second-order valence-corrected chi connectivity index (χ2v) is 8.52. The van der Waals surface area contributed by atoms with Crippen molar-refractivity contribution in [2.45, 2.75) is 32.0 Å². The number of hydrogen-bond donors (Lipinski definition) is 1. The fourth-order valence-electron chi connectivity index (χ4n) is 4.42. The molecular formula is C28H29N3O2. The number of benzene rings is 2. The highest BCUT2D eigenvalue weighted by molar-refractivity contribution is 5.39. The van der Waals surface area contributed by atoms with Crippen LogP contribution in [0.1, 0.15) is 34.9 Å². The molecule has 0 spiro atoms. The van der Waals surface area contributed by atoms with Gasteiger partial charge in [-0.2, -0.15) is 0 Å². The lowest BCUT2D eigenvalue weighted by Gasteiger charge is -2.21. The zero-order chi connectivity index (χ0) is 22.5. The van der Waals surface area contributed by atoms with Crippen LogP contribution in [0, 0.1) is 0 Å². The van der Waals surface area contributed by atoms with Crippen molar-refractivity contribution in [3.63, 3.8) is 0 Å². The lowest BCUT2D eigenvalue weighted by atomic mass is 9.99. The molecule has 2 aromatic carbocycles. The number of ether oxygens (including phenoxy) is 1. The summed E-state index contributed by atoms with van der Waals surface area (Å²) in [5.74, 6) is 1.84. The van der Waals surface area contributed by atoms with Gasteiger partial charge in [0.15, 0.2) is 0 Å². The number of rotatable bonds is 7. The molecule has 0 unspecified atom stereocenters. The Morgan fingerprint density at radius 3 is 2.70 bits per heavy atom. The van der Waals surface area contributed by atoms with E-state index in [2.05, 4.69) is 51.0 Å². The molecule has 1 atom stereocenters. The highest BCUT2D eigenvalue weighted by Gasteiger charge is 2.19. The maximum absolute atomic E-state index is 10.8. The second-order valence-electron chi connectivity index (χ2n) is 8.52. The largest absolute Gasteiger partial charge is 0.492 e. The molecule has 168 valence electrons. The van der Waals surface area contributed by atoms with Crippen molar-refractivity contribution in [2.24, 2.45) is 0 Å². The van der Waals surface area contributed by atoms with Crippen LogP contribution >= 0.6 is 0 Å². The molecule has 0 fully saturated rings. The Balaban J connectivity index is 1.29. The first-order chi connectivity index (χ1) is 16.3. The first kappa shape index (κ1) is 21.4. The van der Waals surface area contributed by atoms with Gasteiger partial charge in [-0.3, -0.25) is 4.90 Å². The monoisotopic (exact) mass is 439 g/mol. The van der Waals surface area contributed by atoms with Gasteiger partial charge in [0.05, 0.1) is 6.10 Å². The van der Waals surface area contributed by atoms with E-state index in [0.29, 0.717) is 13.0 Å². The Hall–Kier alpha value is -3.41. The minimum atomic E-state index is -0.492. The third kappa shape index (κ3) is 5.16. The van der Waals surface area contributed by atoms with Crippen molar-refractivity contribution < 1.29 is 9.84 Å². The highest BCUT2D eigenvalue weighted by atomic mass is 16.5. The number of hydrogen-bond acceptors (Lipinski definition) is 4. The summed E-state index contributed by atoms with van der Waals surface area (Å²) < 4.78 is 8.17. The number of aliphatic hydroxyl groups excluding tert-OH is 1. The molecule has 0 saturated heterocycles. The van der Waals surface area contributed by atoms with E-state index in [1.165, 1.54) is 11.3 Å². The normalized spacial score (nSPS) is 14.8. The van der Waals surface area contributed by atoms with Crippen LogP contribution in [0.5, 0.6) is 5.75 Å². The second kappa shape index (κ2) is 10.0. The van der Waals surface area contributed by atoms with Gasteiger partial charge in [-0.05, 0) is 60.4 Å². The van der Waals surface area contributed by atoms with Crippen molar-refractivity contribution in [1.29, 1.82) is 0 Å². The molecule has 2 aromatic heterocycles. The maximum atomic E-state index is 10.8. The smallest absolute Gasteiger partial charge is 0.136 e. The molecule has 5 heteroatoms. The van der Waals surface area contributed by atoms with E-state index in [1.54, 1.807) is 0 Å². The molecule has 0 bridgehead atoms. The van der Waals surface area contributed by atoms with E-state index < -0.39 is 6.10 Å². The van der Waals surface area contributed by atoms with E-state index >= 15 is 0 Å². The lowest BCUT2D eigenvalue weighted by molar-refractivity contribution is 0.167. The Bertz CT molecular complexity index is 1170. The fraction of sp³-hybridized carbons (Fsp3) is 0.250. The van der Waals surface area contributed by atoms with Gasteiger partial charge in [0, 0.05) is 43.3 Å². The summed E-state index contributed by atoms with van der Waals surface area (Å²) in [6.07, 6.45) is 4.94. The molecule has 33 heavy (non-hydrogen) atoms. The van der Waals surface area contributed by atoms with Gasteiger partial charge in [0.1, 0.15) is 18.2 Å². The third-order valence-electron chi connectivity index (χ3n) is 6.19.